The molecule has 0 aromatic carbocycles. The number of hydrogen-bond acceptors (Lipinski definition) is 2. The number of amides is 1. The lowest BCUT2D eigenvalue weighted by atomic mass is 9.70. The highest BCUT2D eigenvalue weighted by molar-refractivity contribution is 5.83. The summed E-state index contributed by atoms with van der Waals surface area (Å²) in [4.78, 5) is 14.4. The second-order valence-electron chi connectivity index (χ2n) is 5.14. The van der Waals surface area contributed by atoms with E-state index < -0.39 is 0 Å². The van der Waals surface area contributed by atoms with Gasteiger partial charge in [0.1, 0.15) is 0 Å². The van der Waals surface area contributed by atoms with Gasteiger partial charge in [-0.2, -0.15) is 0 Å². The van der Waals surface area contributed by atoms with Crippen molar-refractivity contribution in [3.05, 3.63) is 0 Å². The number of carbonyl (C=O) groups is 1. The molecule has 1 amide bonds. The van der Waals surface area contributed by atoms with Gasteiger partial charge in [-0.1, -0.05) is 6.92 Å². The first-order valence-corrected chi connectivity index (χ1v) is 6.59. The van der Waals surface area contributed by atoms with Crippen LogP contribution in [0.5, 0.6) is 0 Å². The minimum Gasteiger partial charge on any atom is -0.343 e. The SMILES string of the molecule is CCN(CC)C(=O)C1(CN)CCC(C)CC1. The highest BCUT2D eigenvalue weighted by Gasteiger charge is 2.41. The summed E-state index contributed by atoms with van der Waals surface area (Å²) in [5.41, 5.74) is 5.63. The molecule has 0 aromatic rings. The van der Waals surface area contributed by atoms with Crippen molar-refractivity contribution in [2.45, 2.75) is 46.5 Å². The van der Waals surface area contributed by atoms with E-state index in [1.807, 2.05) is 18.7 Å². The van der Waals surface area contributed by atoms with E-state index in [1.165, 1.54) is 0 Å². The number of carbonyl (C=O) groups excluding carboxylic acids is 1. The van der Waals surface area contributed by atoms with Gasteiger partial charge >= 0.3 is 0 Å². The van der Waals surface area contributed by atoms with Crippen LogP contribution in [-0.4, -0.2) is 30.4 Å². The Kier molecular flexibility index (Phi) is 4.78. The first-order valence-electron chi connectivity index (χ1n) is 6.59. The van der Waals surface area contributed by atoms with Crippen molar-refractivity contribution < 1.29 is 4.79 Å². The van der Waals surface area contributed by atoms with Crippen LogP contribution in [0.15, 0.2) is 0 Å². The van der Waals surface area contributed by atoms with Crippen LogP contribution in [0.4, 0.5) is 0 Å². The maximum atomic E-state index is 12.5. The van der Waals surface area contributed by atoms with Crippen molar-refractivity contribution >= 4 is 5.91 Å². The highest BCUT2D eigenvalue weighted by atomic mass is 16.2. The normalized spacial score (nSPS) is 30.1. The molecule has 3 nitrogen and oxygen atoms in total. The summed E-state index contributed by atoms with van der Waals surface area (Å²) in [6.45, 7) is 8.45. The Bertz CT molecular complexity index is 228. The van der Waals surface area contributed by atoms with Crippen LogP contribution in [-0.2, 0) is 4.79 Å². The molecular weight excluding hydrogens is 200 g/mol. The van der Waals surface area contributed by atoms with Crippen molar-refractivity contribution in [2.75, 3.05) is 19.6 Å². The van der Waals surface area contributed by atoms with Crippen LogP contribution in [0.25, 0.3) is 0 Å². The second-order valence-corrected chi connectivity index (χ2v) is 5.14. The maximum absolute atomic E-state index is 12.5. The molecule has 1 aliphatic rings. The van der Waals surface area contributed by atoms with Gasteiger partial charge in [0, 0.05) is 19.6 Å². The van der Waals surface area contributed by atoms with Crippen LogP contribution in [0.3, 0.4) is 0 Å². The van der Waals surface area contributed by atoms with E-state index in [0.717, 1.165) is 44.7 Å². The molecule has 2 N–H and O–H groups in total. The molecular formula is C13H26N2O. The molecule has 0 radical (unpaired) electrons. The van der Waals surface area contributed by atoms with E-state index in [0.29, 0.717) is 6.54 Å². The zero-order valence-electron chi connectivity index (χ0n) is 11.0. The van der Waals surface area contributed by atoms with Crippen molar-refractivity contribution in [1.82, 2.24) is 4.90 Å². The summed E-state index contributed by atoms with van der Waals surface area (Å²) < 4.78 is 0. The number of nitrogens with two attached hydrogens (primary N) is 1. The summed E-state index contributed by atoms with van der Waals surface area (Å²) in [5, 5.41) is 0. The smallest absolute Gasteiger partial charge is 0.230 e. The molecule has 1 rings (SSSR count). The molecule has 0 saturated heterocycles. The average molecular weight is 226 g/mol. The monoisotopic (exact) mass is 226 g/mol. The molecule has 0 spiro atoms. The first kappa shape index (κ1) is 13.5. The fourth-order valence-electron chi connectivity index (χ4n) is 2.67. The van der Waals surface area contributed by atoms with Crippen molar-refractivity contribution in [2.24, 2.45) is 17.1 Å². The second kappa shape index (κ2) is 5.67. The fourth-order valence-corrected chi connectivity index (χ4v) is 2.67. The third-order valence-electron chi connectivity index (χ3n) is 4.13. The van der Waals surface area contributed by atoms with E-state index >= 15 is 0 Å². The lowest BCUT2D eigenvalue weighted by Crippen LogP contribution is -2.49. The van der Waals surface area contributed by atoms with E-state index in [2.05, 4.69) is 6.92 Å². The van der Waals surface area contributed by atoms with Crippen molar-refractivity contribution in [1.29, 1.82) is 0 Å². The Morgan fingerprint density at radius 2 is 1.81 bits per heavy atom. The Balaban J connectivity index is 2.75. The van der Waals surface area contributed by atoms with Gasteiger partial charge in [0.15, 0.2) is 0 Å². The first-order chi connectivity index (χ1) is 7.59. The Labute approximate surface area is 99.4 Å². The van der Waals surface area contributed by atoms with E-state index in [4.69, 9.17) is 5.73 Å². The molecule has 1 aliphatic carbocycles. The van der Waals surface area contributed by atoms with Crippen LogP contribution in [0.1, 0.15) is 46.5 Å². The quantitative estimate of drug-likeness (QED) is 0.797. The van der Waals surface area contributed by atoms with Crippen molar-refractivity contribution in [3.63, 3.8) is 0 Å². The van der Waals surface area contributed by atoms with Gasteiger partial charge in [0.05, 0.1) is 5.41 Å². The van der Waals surface area contributed by atoms with Crippen molar-refractivity contribution in [3.8, 4) is 0 Å². The molecule has 1 saturated carbocycles. The van der Waals surface area contributed by atoms with Crippen LogP contribution < -0.4 is 5.73 Å². The summed E-state index contributed by atoms with van der Waals surface area (Å²) in [7, 11) is 0. The molecule has 0 aromatic heterocycles. The fraction of sp³-hybridized carbons (Fsp3) is 0.923. The Morgan fingerprint density at radius 1 is 1.31 bits per heavy atom. The molecule has 0 heterocycles. The van der Waals surface area contributed by atoms with Crippen LogP contribution >= 0.6 is 0 Å². The van der Waals surface area contributed by atoms with E-state index in [1.54, 1.807) is 0 Å². The molecule has 3 heteroatoms. The van der Waals surface area contributed by atoms with Gasteiger partial charge in [-0.15, -0.1) is 0 Å². The minimum absolute atomic E-state index is 0.251. The van der Waals surface area contributed by atoms with Gasteiger partial charge in [0.2, 0.25) is 5.91 Å². The topological polar surface area (TPSA) is 46.3 Å². The third-order valence-corrected chi connectivity index (χ3v) is 4.13. The Hall–Kier alpha value is -0.570. The number of nitrogens with zero attached hydrogens (tertiary/aromatic N) is 1. The van der Waals surface area contributed by atoms with Gasteiger partial charge in [0.25, 0.3) is 0 Å². The van der Waals surface area contributed by atoms with E-state index in [9.17, 15) is 4.79 Å². The molecule has 16 heavy (non-hydrogen) atoms. The molecule has 0 aliphatic heterocycles. The van der Waals surface area contributed by atoms with Gasteiger partial charge in [-0.25, -0.2) is 0 Å². The number of hydrogen-bond donors (Lipinski definition) is 1. The van der Waals surface area contributed by atoms with Crippen LogP contribution in [0.2, 0.25) is 0 Å². The van der Waals surface area contributed by atoms with Gasteiger partial charge in [-0.3, -0.25) is 4.79 Å². The average Bonchev–Trinajstić information content (AvgIpc) is 2.32. The lowest BCUT2D eigenvalue weighted by Gasteiger charge is -2.40. The van der Waals surface area contributed by atoms with E-state index in [-0.39, 0.29) is 11.3 Å². The van der Waals surface area contributed by atoms with Gasteiger partial charge in [-0.05, 0) is 45.4 Å². The maximum Gasteiger partial charge on any atom is 0.230 e. The standard InChI is InChI=1S/C13H26N2O/c1-4-15(5-2)12(16)13(10-14)8-6-11(3)7-9-13/h11H,4-10,14H2,1-3H3. The molecule has 0 unspecified atom stereocenters. The molecule has 94 valence electrons. The van der Waals surface area contributed by atoms with Gasteiger partial charge < -0.3 is 10.6 Å². The predicted octanol–water partition coefficient (Wildman–Crippen LogP) is 2.01. The summed E-state index contributed by atoms with van der Waals surface area (Å²) in [5.74, 6) is 1.04. The summed E-state index contributed by atoms with van der Waals surface area (Å²) in [6, 6.07) is 0. The molecule has 0 atom stereocenters. The zero-order valence-corrected chi connectivity index (χ0v) is 11.0. The third kappa shape index (κ3) is 2.57. The predicted molar refractivity (Wildman–Crippen MR) is 67.0 cm³/mol. The zero-order chi connectivity index (χ0) is 12.2. The summed E-state index contributed by atoms with van der Waals surface area (Å²) >= 11 is 0. The lowest BCUT2D eigenvalue weighted by molar-refractivity contribution is -0.143. The molecule has 1 fully saturated rings. The highest BCUT2D eigenvalue weighted by Crippen LogP contribution is 2.39. The van der Waals surface area contributed by atoms with Crippen LogP contribution in [0, 0.1) is 11.3 Å². The minimum atomic E-state index is -0.251. The molecule has 0 bridgehead atoms. The number of rotatable bonds is 4. The summed E-state index contributed by atoms with van der Waals surface area (Å²) in [6.07, 6.45) is 4.23. The largest absolute Gasteiger partial charge is 0.343 e. The Morgan fingerprint density at radius 3 is 2.19 bits per heavy atom.